The van der Waals surface area contributed by atoms with Gasteiger partial charge in [-0.3, -0.25) is 0 Å². The van der Waals surface area contributed by atoms with E-state index in [9.17, 15) is 20.1 Å². The van der Waals surface area contributed by atoms with Gasteiger partial charge in [-0.15, -0.1) is 0 Å². The van der Waals surface area contributed by atoms with Crippen molar-refractivity contribution in [3.05, 3.63) is 48.0 Å². The summed E-state index contributed by atoms with van der Waals surface area (Å²) in [4.78, 5) is 11.7. The van der Waals surface area contributed by atoms with Crippen molar-refractivity contribution in [3.63, 3.8) is 0 Å². The number of ether oxygens (including phenoxy) is 1. The molecule has 18 heavy (non-hydrogen) atoms. The van der Waals surface area contributed by atoms with Gasteiger partial charge in [0.25, 0.3) is 0 Å². The molecule has 0 amide bonds. The summed E-state index contributed by atoms with van der Waals surface area (Å²) in [7, 11) is 0. The molecule has 0 bridgehead atoms. The lowest BCUT2D eigenvalue weighted by Gasteiger charge is -2.08. The molecule has 2 aromatic carbocycles. The van der Waals surface area contributed by atoms with Gasteiger partial charge in [0, 0.05) is 0 Å². The topological polar surface area (TPSA) is 87.0 Å². The second kappa shape index (κ2) is 4.67. The van der Waals surface area contributed by atoms with Crippen molar-refractivity contribution in [1.29, 1.82) is 0 Å². The quantitative estimate of drug-likeness (QED) is 0.557. The number of hydrogen-bond donors (Lipinski definition) is 3. The van der Waals surface area contributed by atoms with Crippen molar-refractivity contribution >= 4 is 5.97 Å². The Hall–Kier alpha value is -2.69. The van der Waals surface area contributed by atoms with Crippen LogP contribution in [0.5, 0.6) is 23.0 Å². The van der Waals surface area contributed by atoms with E-state index in [-0.39, 0.29) is 28.6 Å². The van der Waals surface area contributed by atoms with E-state index >= 15 is 0 Å². The molecule has 0 radical (unpaired) electrons. The Kier molecular flexibility index (Phi) is 3.05. The molecule has 3 N–H and O–H groups in total. The monoisotopic (exact) mass is 246 g/mol. The number of phenols is 3. The van der Waals surface area contributed by atoms with Gasteiger partial charge in [-0.05, 0) is 24.3 Å². The third kappa shape index (κ3) is 2.20. The first-order chi connectivity index (χ1) is 8.59. The minimum atomic E-state index is -0.870. The van der Waals surface area contributed by atoms with Crippen LogP contribution >= 0.6 is 0 Å². The van der Waals surface area contributed by atoms with Crippen LogP contribution in [0.4, 0.5) is 0 Å². The SMILES string of the molecule is O=C(Oc1c(O)cccc1O)c1ccccc1O. The van der Waals surface area contributed by atoms with Gasteiger partial charge in [0.2, 0.25) is 5.75 Å². The summed E-state index contributed by atoms with van der Waals surface area (Å²) < 4.78 is 4.84. The fourth-order valence-corrected chi connectivity index (χ4v) is 1.41. The second-order valence-corrected chi connectivity index (χ2v) is 3.53. The largest absolute Gasteiger partial charge is 0.507 e. The average molecular weight is 246 g/mol. The highest BCUT2D eigenvalue weighted by Gasteiger charge is 2.17. The number of aromatic hydroxyl groups is 3. The third-order valence-electron chi connectivity index (χ3n) is 2.29. The van der Waals surface area contributed by atoms with Gasteiger partial charge < -0.3 is 20.1 Å². The van der Waals surface area contributed by atoms with Crippen molar-refractivity contribution in [1.82, 2.24) is 0 Å². The first-order valence-corrected chi connectivity index (χ1v) is 5.10. The number of esters is 1. The maximum Gasteiger partial charge on any atom is 0.347 e. The number of carbonyl (C=O) groups excluding carboxylic acids is 1. The number of benzene rings is 2. The summed E-state index contributed by atoms with van der Waals surface area (Å²) in [5.74, 6) is -2.18. The van der Waals surface area contributed by atoms with Gasteiger partial charge in [-0.1, -0.05) is 18.2 Å². The summed E-state index contributed by atoms with van der Waals surface area (Å²) in [6.07, 6.45) is 0. The lowest BCUT2D eigenvalue weighted by molar-refractivity contribution is 0.0721. The number of hydrogen-bond acceptors (Lipinski definition) is 5. The molecule has 0 saturated carbocycles. The van der Waals surface area contributed by atoms with Crippen LogP contribution in [0.1, 0.15) is 10.4 Å². The van der Waals surface area contributed by atoms with Gasteiger partial charge in [-0.25, -0.2) is 4.79 Å². The molecule has 0 unspecified atom stereocenters. The van der Waals surface area contributed by atoms with E-state index in [0.717, 1.165) is 0 Å². The zero-order valence-corrected chi connectivity index (χ0v) is 9.20. The second-order valence-electron chi connectivity index (χ2n) is 3.53. The summed E-state index contributed by atoms with van der Waals surface area (Å²) in [6, 6.07) is 9.77. The Morgan fingerprint density at radius 1 is 0.833 bits per heavy atom. The van der Waals surface area contributed by atoms with E-state index < -0.39 is 5.97 Å². The van der Waals surface area contributed by atoms with Gasteiger partial charge in [0.1, 0.15) is 11.3 Å². The molecule has 0 saturated heterocycles. The van der Waals surface area contributed by atoms with E-state index in [0.29, 0.717) is 0 Å². The van der Waals surface area contributed by atoms with Gasteiger partial charge >= 0.3 is 5.97 Å². The van der Waals surface area contributed by atoms with E-state index in [2.05, 4.69) is 0 Å². The zero-order valence-electron chi connectivity index (χ0n) is 9.20. The van der Waals surface area contributed by atoms with Gasteiger partial charge in [0.05, 0.1) is 0 Å². The van der Waals surface area contributed by atoms with E-state index in [1.807, 2.05) is 0 Å². The van der Waals surface area contributed by atoms with E-state index in [4.69, 9.17) is 4.74 Å². The smallest absolute Gasteiger partial charge is 0.347 e. The summed E-state index contributed by atoms with van der Waals surface area (Å²) in [6.45, 7) is 0. The van der Waals surface area contributed by atoms with Crippen LogP contribution in [-0.4, -0.2) is 21.3 Å². The third-order valence-corrected chi connectivity index (χ3v) is 2.29. The normalized spacial score (nSPS) is 10.0. The standard InChI is InChI=1S/C13H10O5/c14-9-5-2-1-4-8(9)13(17)18-12-10(15)6-3-7-11(12)16/h1-7,14-16H. The number of carbonyl (C=O) groups is 1. The van der Waals surface area contributed by atoms with Crippen molar-refractivity contribution in [3.8, 4) is 23.0 Å². The fourth-order valence-electron chi connectivity index (χ4n) is 1.41. The van der Waals surface area contributed by atoms with Crippen LogP contribution in [-0.2, 0) is 0 Å². The Labute approximate surface area is 103 Å². The molecule has 0 spiro atoms. The highest BCUT2D eigenvalue weighted by atomic mass is 16.5. The number of rotatable bonds is 2. The number of para-hydroxylation sites is 2. The Bertz CT molecular complexity index is 571. The average Bonchev–Trinajstić information content (AvgIpc) is 2.34. The molecule has 2 aromatic rings. The summed E-state index contributed by atoms with van der Waals surface area (Å²) >= 11 is 0. The first kappa shape index (κ1) is 11.8. The predicted octanol–water partition coefficient (Wildman–Crippen LogP) is 2.02. The maximum absolute atomic E-state index is 11.7. The predicted molar refractivity (Wildman–Crippen MR) is 62.8 cm³/mol. The Balaban J connectivity index is 2.30. The molecule has 0 heterocycles. The molecule has 0 aliphatic heterocycles. The molecule has 2 rings (SSSR count). The molecule has 5 heteroatoms. The fraction of sp³-hybridized carbons (Fsp3) is 0. The van der Waals surface area contributed by atoms with Crippen LogP contribution in [0.15, 0.2) is 42.5 Å². The summed E-state index contributed by atoms with van der Waals surface area (Å²) in [5, 5.41) is 28.4. The summed E-state index contributed by atoms with van der Waals surface area (Å²) in [5.41, 5.74) is -0.0554. The van der Waals surface area contributed by atoms with Crippen molar-refractivity contribution in [2.75, 3.05) is 0 Å². The molecular formula is C13H10O5. The Morgan fingerprint density at radius 3 is 2.00 bits per heavy atom. The lowest BCUT2D eigenvalue weighted by atomic mass is 10.2. The maximum atomic E-state index is 11.7. The molecule has 0 atom stereocenters. The zero-order chi connectivity index (χ0) is 13.1. The van der Waals surface area contributed by atoms with Crippen LogP contribution < -0.4 is 4.74 Å². The van der Waals surface area contributed by atoms with Crippen LogP contribution in [0.3, 0.4) is 0 Å². The minimum Gasteiger partial charge on any atom is -0.507 e. The molecule has 5 nitrogen and oxygen atoms in total. The molecule has 0 aromatic heterocycles. The lowest BCUT2D eigenvalue weighted by Crippen LogP contribution is -2.08. The highest BCUT2D eigenvalue weighted by molar-refractivity contribution is 5.94. The highest BCUT2D eigenvalue weighted by Crippen LogP contribution is 2.35. The van der Waals surface area contributed by atoms with Crippen molar-refractivity contribution in [2.45, 2.75) is 0 Å². The molecular weight excluding hydrogens is 236 g/mol. The first-order valence-electron chi connectivity index (χ1n) is 5.10. The van der Waals surface area contributed by atoms with Gasteiger partial charge in [-0.2, -0.15) is 0 Å². The van der Waals surface area contributed by atoms with E-state index in [1.54, 1.807) is 12.1 Å². The van der Waals surface area contributed by atoms with Crippen LogP contribution in [0.2, 0.25) is 0 Å². The van der Waals surface area contributed by atoms with Gasteiger partial charge in [0.15, 0.2) is 11.5 Å². The van der Waals surface area contributed by atoms with E-state index in [1.165, 1.54) is 30.3 Å². The van der Waals surface area contributed by atoms with Crippen molar-refractivity contribution < 1.29 is 24.9 Å². The van der Waals surface area contributed by atoms with Crippen LogP contribution in [0, 0.1) is 0 Å². The Morgan fingerprint density at radius 2 is 1.39 bits per heavy atom. The molecule has 0 aliphatic rings. The minimum absolute atomic E-state index is 0.0554. The molecule has 0 fully saturated rings. The molecule has 0 aliphatic carbocycles. The van der Waals surface area contributed by atoms with Crippen LogP contribution in [0.25, 0.3) is 0 Å². The molecule has 92 valence electrons. The van der Waals surface area contributed by atoms with Crippen molar-refractivity contribution in [2.24, 2.45) is 0 Å². The number of phenolic OH excluding ortho intramolecular Hbond substituents is 3.